The minimum absolute atomic E-state index is 0.188. The van der Waals surface area contributed by atoms with Gasteiger partial charge in [-0.3, -0.25) is 9.89 Å². The predicted octanol–water partition coefficient (Wildman–Crippen LogP) is 5.76. The van der Waals surface area contributed by atoms with Crippen molar-refractivity contribution in [1.29, 1.82) is 5.26 Å². The molecule has 1 saturated heterocycles. The van der Waals surface area contributed by atoms with Crippen LogP contribution in [0.25, 0.3) is 0 Å². The summed E-state index contributed by atoms with van der Waals surface area (Å²) in [5.41, 5.74) is 2.92. The highest BCUT2D eigenvalue weighted by Gasteiger charge is 2.29. The fourth-order valence-electron chi connectivity index (χ4n) is 2.52. The van der Waals surface area contributed by atoms with Gasteiger partial charge in [-0.25, -0.2) is 0 Å². The SMILES string of the molecule is C=C.C=C(/C=C\C(=C)C(=C)C=NC)CN1CCC(C)(CC#N)CC1.CC. The van der Waals surface area contributed by atoms with Crippen molar-refractivity contribution in [2.75, 3.05) is 26.7 Å². The zero-order valence-electron chi connectivity index (χ0n) is 17.4. The maximum atomic E-state index is 8.89. The van der Waals surface area contributed by atoms with Crippen LogP contribution in [0.5, 0.6) is 0 Å². The van der Waals surface area contributed by atoms with Gasteiger partial charge in [0.25, 0.3) is 0 Å². The molecule has 1 rings (SSSR count). The third-order valence-corrected chi connectivity index (χ3v) is 4.21. The molecule has 144 valence electrons. The van der Waals surface area contributed by atoms with Crippen LogP contribution in [0.4, 0.5) is 0 Å². The smallest absolute Gasteiger partial charge is 0.0627 e. The van der Waals surface area contributed by atoms with E-state index in [0.717, 1.165) is 49.2 Å². The average molecular weight is 356 g/mol. The molecule has 0 saturated carbocycles. The van der Waals surface area contributed by atoms with E-state index in [1.807, 2.05) is 26.0 Å². The molecule has 0 radical (unpaired) electrons. The molecule has 0 aromatic heterocycles. The van der Waals surface area contributed by atoms with Crippen LogP contribution in [0, 0.1) is 16.7 Å². The Balaban J connectivity index is 0. The second-order valence-corrected chi connectivity index (χ2v) is 6.35. The van der Waals surface area contributed by atoms with Crippen molar-refractivity contribution in [2.45, 2.75) is 40.0 Å². The zero-order valence-corrected chi connectivity index (χ0v) is 17.4. The van der Waals surface area contributed by atoms with Crippen LogP contribution < -0.4 is 0 Å². The first-order valence-corrected chi connectivity index (χ1v) is 9.16. The van der Waals surface area contributed by atoms with Gasteiger partial charge in [-0.2, -0.15) is 5.26 Å². The quantitative estimate of drug-likeness (QED) is 0.331. The van der Waals surface area contributed by atoms with Crippen LogP contribution in [-0.4, -0.2) is 37.8 Å². The predicted molar refractivity (Wildman–Crippen MR) is 118 cm³/mol. The molecule has 0 unspecified atom stereocenters. The van der Waals surface area contributed by atoms with E-state index in [1.54, 1.807) is 13.3 Å². The minimum Gasteiger partial charge on any atom is -0.299 e. The molecule has 0 atom stereocenters. The number of nitriles is 1. The number of aliphatic imine (C=N–C) groups is 1. The van der Waals surface area contributed by atoms with E-state index in [-0.39, 0.29) is 5.41 Å². The van der Waals surface area contributed by atoms with Gasteiger partial charge in [-0.1, -0.05) is 52.7 Å². The summed E-state index contributed by atoms with van der Waals surface area (Å²) in [5, 5.41) is 8.89. The molecule has 0 aromatic rings. The van der Waals surface area contributed by atoms with Crippen LogP contribution >= 0.6 is 0 Å². The molecule has 0 bridgehead atoms. The highest BCUT2D eigenvalue weighted by atomic mass is 15.1. The topological polar surface area (TPSA) is 39.4 Å². The lowest BCUT2D eigenvalue weighted by atomic mass is 9.78. The molecular formula is C23H37N3. The number of hydrogen-bond acceptors (Lipinski definition) is 3. The molecule has 0 aromatic carbocycles. The largest absolute Gasteiger partial charge is 0.299 e. The Kier molecular flexibility index (Phi) is 15.1. The van der Waals surface area contributed by atoms with E-state index in [2.05, 4.69) is 55.8 Å². The lowest BCUT2D eigenvalue weighted by Crippen LogP contribution is -2.39. The first-order chi connectivity index (χ1) is 12.4. The second kappa shape index (κ2) is 15.1. The normalized spacial score (nSPS) is 16.0. The van der Waals surface area contributed by atoms with Crippen molar-refractivity contribution < 1.29 is 0 Å². The van der Waals surface area contributed by atoms with E-state index in [0.29, 0.717) is 6.42 Å². The molecule has 1 heterocycles. The van der Waals surface area contributed by atoms with Crippen molar-refractivity contribution in [3.63, 3.8) is 0 Å². The van der Waals surface area contributed by atoms with Gasteiger partial charge in [0.15, 0.2) is 0 Å². The summed E-state index contributed by atoms with van der Waals surface area (Å²) in [7, 11) is 1.72. The maximum Gasteiger partial charge on any atom is 0.0627 e. The van der Waals surface area contributed by atoms with Crippen LogP contribution in [0.2, 0.25) is 0 Å². The van der Waals surface area contributed by atoms with Crippen molar-refractivity contribution in [3.8, 4) is 6.07 Å². The molecule has 1 fully saturated rings. The molecule has 1 aliphatic heterocycles. The number of likely N-dealkylation sites (tertiary alicyclic amines) is 1. The summed E-state index contributed by atoms with van der Waals surface area (Å²) in [4.78, 5) is 6.33. The maximum absolute atomic E-state index is 8.89. The van der Waals surface area contributed by atoms with Gasteiger partial charge in [-0.15, -0.1) is 13.2 Å². The van der Waals surface area contributed by atoms with E-state index < -0.39 is 0 Å². The van der Waals surface area contributed by atoms with Crippen molar-refractivity contribution >= 4 is 6.21 Å². The standard InChI is InChI=1S/C19H27N3.C2H6.C2H4/c1-16(6-7-17(2)18(3)14-21-5)15-22-12-9-19(4,8-11-20)10-13-22;2*1-2/h6-7,14H,1-3,8-10,12-13,15H2,4-5H3;1-2H3;1-2H2/b7-6-,21-14?;;. The molecule has 3 heteroatoms. The number of hydrogen-bond donors (Lipinski definition) is 0. The first-order valence-electron chi connectivity index (χ1n) is 9.16. The van der Waals surface area contributed by atoms with Crippen LogP contribution in [-0.2, 0) is 0 Å². The summed E-state index contributed by atoms with van der Waals surface area (Å²) in [5.74, 6) is 0. The first kappa shape index (κ1) is 26.1. The summed E-state index contributed by atoms with van der Waals surface area (Å²) < 4.78 is 0. The lowest BCUT2D eigenvalue weighted by molar-refractivity contribution is 0.130. The van der Waals surface area contributed by atoms with Crippen LogP contribution in [0.3, 0.4) is 0 Å². The number of nitrogens with zero attached hydrogens (tertiary/aromatic N) is 3. The van der Waals surface area contributed by atoms with Gasteiger partial charge in [0.2, 0.25) is 0 Å². The van der Waals surface area contributed by atoms with E-state index in [4.69, 9.17) is 5.26 Å². The summed E-state index contributed by atoms with van der Waals surface area (Å²) in [6.45, 7) is 27.1. The van der Waals surface area contributed by atoms with Crippen LogP contribution in [0.1, 0.15) is 40.0 Å². The molecule has 26 heavy (non-hydrogen) atoms. The average Bonchev–Trinajstić information content (AvgIpc) is 2.65. The van der Waals surface area contributed by atoms with Gasteiger partial charge >= 0.3 is 0 Å². The minimum atomic E-state index is 0.188. The van der Waals surface area contributed by atoms with E-state index in [9.17, 15) is 0 Å². The Labute approximate surface area is 161 Å². The molecule has 1 aliphatic rings. The summed E-state index contributed by atoms with van der Waals surface area (Å²) in [6.07, 6.45) is 8.46. The van der Waals surface area contributed by atoms with Gasteiger partial charge < -0.3 is 0 Å². The molecule has 0 N–H and O–H groups in total. The molecule has 0 spiro atoms. The zero-order chi connectivity index (χ0) is 20.6. The summed E-state index contributed by atoms with van der Waals surface area (Å²) >= 11 is 0. The van der Waals surface area contributed by atoms with Gasteiger partial charge in [-0.05, 0) is 48.1 Å². The Bertz CT molecular complexity index is 538. The molecule has 0 amide bonds. The molecule has 3 nitrogen and oxygen atoms in total. The second-order valence-electron chi connectivity index (χ2n) is 6.35. The molecule has 0 aliphatic carbocycles. The Hall–Kier alpha value is -2.18. The Morgan fingerprint density at radius 1 is 1.12 bits per heavy atom. The van der Waals surface area contributed by atoms with Crippen LogP contribution in [0.15, 0.2) is 66.8 Å². The fourth-order valence-corrected chi connectivity index (χ4v) is 2.52. The highest BCUT2D eigenvalue weighted by molar-refractivity contribution is 5.84. The van der Waals surface area contributed by atoms with E-state index in [1.165, 1.54) is 0 Å². The molecular weight excluding hydrogens is 318 g/mol. The monoisotopic (exact) mass is 355 g/mol. The van der Waals surface area contributed by atoms with Gasteiger partial charge in [0.1, 0.15) is 0 Å². The van der Waals surface area contributed by atoms with Crippen molar-refractivity contribution in [1.82, 2.24) is 4.90 Å². The van der Waals surface area contributed by atoms with Crippen molar-refractivity contribution in [2.24, 2.45) is 10.4 Å². The van der Waals surface area contributed by atoms with Gasteiger partial charge in [0.05, 0.1) is 6.07 Å². The number of piperidine rings is 1. The summed E-state index contributed by atoms with van der Waals surface area (Å²) in [6, 6.07) is 2.31. The van der Waals surface area contributed by atoms with Crippen molar-refractivity contribution in [3.05, 3.63) is 61.8 Å². The van der Waals surface area contributed by atoms with E-state index >= 15 is 0 Å². The highest BCUT2D eigenvalue weighted by Crippen LogP contribution is 2.34. The third-order valence-electron chi connectivity index (χ3n) is 4.21. The Morgan fingerprint density at radius 2 is 1.65 bits per heavy atom. The number of allylic oxidation sites excluding steroid dienone is 3. The third kappa shape index (κ3) is 10.6. The fraction of sp³-hybridized carbons (Fsp3) is 0.478. The lowest BCUT2D eigenvalue weighted by Gasteiger charge is -2.38. The van der Waals surface area contributed by atoms with Gasteiger partial charge in [0, 0.05) is 26.2 Å². The Morgan fingerprint density at radius 3 is 2.12 bits per heavy atom. The number of rotatable bonds is 7.